The van der Waals surface area contributed by atoms with Crippen molar-refractivity contribution in [3.8, 4) is 61.8 Å². The van der Waals surface area contributed by atoms with Crippen molar-refractivity contribution in [2.24, 2.45) is 4.99 Å². The smallest absolute Gasteiger partial charge is 0.160 e. The van der Waals surface area contributed by atoms with Crippen LogP contribution in [-0.2, 0) is 6.42 Å². The summed E-state index contributed by atoms with van der Waals surface area (Å²) >= 11 is 0. The molecule has 0 atom stereocenters. The summed E-state index contributed by atoms with van der Waals surface area (Å²) in [5, 5.41) is 10.9. The van der Waals surface area contributed by atoms with Crippen LogP contribution >= 0.6 is 0 Å². The van der Waals surface area contributed by atoms with Crippen LogP contribution in [0.1, 0.15) is 11.3 Å². The molecular weight excluding hydrogens is 789 g/mol. The minimum Gasteiger partial charge on any atom is -0.313 e. The third-order valence-electron chi connectivity index (χ3n) is 13.3. The van der Waals surface area contributed by atoms with Gasteiger partial charge in [-0.2, -0.15) is 0 Å². The first-order chi connectivity index (χ1) is 32.2. The molecule has 0 saturated carbocycles. The Morgan fingerprint density at radius 2 is 0.954 bits per heavy atom. The van der Waals surface area contributed by atoms with Crippen LogP contribution in [0.3, 0.4) is 0 Å². The molecule has 4 nitrogen and oxygen atoms in total. The molecule has 0 N–H and O–H groups in total. The predicted molar refractivity (Wildman–Crippen MR) is 272 cm³/mol. The van der Waals surface area contributed by atoms with E-state index in [9.17, 15) is 0 Å². The van der Waals surface area contributed by atoms with Crippen LogP contribution in [0.25, 0.3) is 116 Å². The fraction of sp³-hybridized carbons (Fsp3) is 0.0328. The lowest BCUT2D eigenvalue weighted by molar-refractivity contribution is 0.875. The number of hydrogen-bond donors (Lipinski definition) is 0. The molecular formula is C61H40N4. The second-order valence-electron chi connectivity index (χ2n) is 17.0. The zero-order valence-electron chi connectivity index (χ0n) is 35.5. The zero-order valence-corrected chi connectivity index (χ0v) is 35.5. The SMILES string of the molecule is C1=NCCc2c1c1cc(-c3c4ccccc4c(-c4cccc(-c5nc(-c6ccccc6)cc(-c6cc7ccccc7c7ccccc67)n5)c4)c4ccccc34)ccc1n2-c1ccccc1. The van der Waals surface area contributed by atoms with Crippen LogP contribution in [0.4, 0.5) is 0 Å². The van der Waals surface area contributed by atoms with Crippen LogP contribution in [0, 0.1) is 0 Å². The van der Waals surface area contributed by atoms with E-state index in [4.69, 9.17) is 15.0 Å². The maximum absolute atomic E-state index is 5.42. The Bertz CT molecular complexity index is 3830. The van der Waals surface area contributed by atoms with E-state index in [2.05, 4.69) is 223 Å². The van der Waals surface area contributed by atoms with Crippen molar-refractivity contribution in [3.05, 3.63) is 224 Å². The molecule has 2 aromatic heterocycles. The lowest BCUT2D eigenvalue weighted by Crippen LogP contribution is -2.07. The molecule has 0 radical (unpaired) electrons. The summed E-state index contributed by atoms with van der Waals surface area (Å²) in [5.74, 6) is 0.688. The lowest BCUT2D eigenvalue weighted by atomic mass is 9.85. The van der Waals surface area contributed by atoms with Crippen LogP contribution in [-0.4, -0.2) is 27.3 Å². The maximum atomic E-state index is 5.42. The van der Waals surface area contributed by atoms with Gasteiger partial charge in [-0.25, -0.2) is 9.97 Å². The van der Waals surface area contributed by atoms with E-state index in [1.807, 2.05) is 0 Å². The molecule has 10 aromatic carbocycles. The Labute approximate surface area is 376 Å². The molecule has 0 bridgehead atoms. The largest absolute Gasteiger partial charge is 0.313 e. The minimum atomic E-state index is 0.688. The van der Waals surface area contributed by atoms with Gasteiger partial charge in [-0.15, -0.1) is 0 Å². The summed E-state index contributed by atoms with van der Waals surface area (Å²) in [4.78, 5) is 15.5. The normalized spacial score (nSPS) is 12.4. The maximum Gasteiger partial charge on any atom is 0.160 e. The Balaban J connectivity index is 1.00. The van der Waals surface area contributed by atoms with E-state index in [0.29, 0.717) is 5.82 Å². The van der Waals surface area contributed by atoms with E-state index >= 15 is 0 Å². The first-order valence-electron chi connectivity index (χ1n) is 22.4. The van der Waals surface area contributed by atoms with Gasteiger partial charge in [-0.05, 0) is 108 Å². The van der Waals surface area contributed by atoms with Crippen molar-refractivity contribution in [3.63, 3.8) is 0 Å². The van der Waals surface area contributed by atoms with Gasteiger partial charge in [-0.1, -0.05) is 170 Å². The number of aromatic nitrogens is 3. The number of rotatable bonds is 6. The van der Waals surface area contributed by atoms with Crippen molar-refractivity contribution >= 4 is 60.2 Å². The van der Waals surface area contributed by atoms with E-state index in [-0.39, 0.29) is 0 Å². The highest BCUT2D eigenvalue weighted by atomic mass is 15.0. The van der Waals surface area contributed by atoms with Gasteiger partial charge in [0.05, 0.1) is 16.9 Å². The minimum absolute atomic E-state index is 0.688. The highest BCUT2D eigenvalue weighted by Crippen LogP contribution is 2.46. The molecule has 3 heterocycles. The van der Waals surface area contributed by atoms with E-state index in [1.54, 1.807) is 0 Å². The van der Waals surface area contributed by atoms with E-state index in [1.165, 1.54) is 87.6 Å². The van der Waals surface area contributed by atoms with Gasteiger partial charge in [0.15, 0.2) is 5.82 Å². The monoisotopic (exact) mass is 828 g/mol. The van der Waals surface area contributed by atoms with Crippen LogP contribution in [0.15, 0.2) is 217 Å². The summed E-state index contributed by atoms with van der Waals surface area (Å²) in [6.45, 7) is 0.800. The van der Waals surface area contributed by atoms with Crippen molar-refractivity contribution in [2.75, 3.05) is 6.54 Å². The first-order valence-corrected chi connectivity index (χ1v) is 22.4. The average Bonchev–Trinajstić information content (AvgIpc) is 3.71. The Hall–Kier alpha value is -8.47. The highest BCUT2D eigenvalue weighted by molar-refractivity contribution is 6.22. The number of para-hydroxylation sites is 1. The molecule has 0 aliphatic carbocycles. The Morgan fingerprint density at radius 1 is 0.385 bits per heavy atom. The van der Waals surface area contributed by atoms with Gasteiger partial charge >= 0.3 is 0 Å². The van der Waals surface area contributed by atoms with Crippen LogP contribution in [0.2, 0.25) is 0 Å². The quantitative estimate of drug-likeness (QED) is 0.124. The van der Waals surface area contributed by atoms with Crippen molar-refractivity contribution < 1.29 is 0 Å². The third-order valence-corrected chi connectivity index (χ3v) is 13.3. The molecule has 304 valence electrons. The average molecular weight is 829 g/mol. The molecule has 0 unspecified atom stereocenters. The predicted octanol–water partition coefficient (Wildman–Crippen LogP) is 15.3. The van der Waals surface area contributed by atoms with E-state index in [0.717, 1.165) is 46.6 Å². The molecule has 0 amide bonds. The zero-order chi connectivity index (χ0) is 42.8. The molecule has 65 heavy (non-hydrogen) atoms. The molecule has 12 aromatic rings. The number of fused-ring (bicyclic) bond motifs is 8. The molecule has 1 aliphatic rings. The van der Waals surface area contributed by atoms with Crippen LogP contribution in [0.5, 0.6) is 0 Å². The number of nitrogens with zero attached hydrogens (tertiary/aromatic N) is 4. The van der Waals surface area contributed by atoms with Gasteiger partial charge in [0.1, 0.15) is 0 Å². The Kier molecular flexibility index (Phi) is 8.63. The van der Waals surface area contributed by atoms with Crippen molar-refractivity contribution in [1.82, 2.24) is 14.5 Å². The van der Waals surface area contributed by atoms with Crippen LogP contribution < -0.4 is 0 Å². The van der Waals surface area contributed by atoms with Gasteiger partial charge < -0.3 is 4.57 Å². The first kappa shape index (κ1) is 37.1. The van der Waals surface area contributed by atoms with Gasteiger partial charge in [0.25, 0.3) is 0 Å². The summed E-state index contributed by atoms with van der Waals surface area (Å²) in [7, 11) is 0. The van der Waals surface area contributed by atoms with Crippen molar-refractivity contribution in [1.29, 1.82) is 0 Å². The fourth-order valence-corrected chi connectivity index (χ4v) is 10.4. The Morgan fingerprint density at radius 3 is 1.68 bits per heavy atom. The van der Waals surface area contributed by atoms with E-state index < -0.39 is 0 Å². The lowest BCUT2D eigenvalue weighted by Gasteiger charge is -2.18. The molecule has 1 aliphatic heterocycles. The second-order valence-corrected chi connectivity index (χ2v) is 17.0. The molecule has 0 spiro atoms. The molecule has 4 heteroatoms. The van der Waals surface area contributed by atoms with Gasteiger partial charge in [-0.3, -0.25) is 4.99 Å². The molecule has 0 fully saturated rings. The van der Waals surface area contributed by atoms with Gasteiger partial charge in [0, 0.05) is 58.2 Å². The van der Waals surface area contributed by atoms with Gasteiger partial charge in [0.2, 0.25) is 0 Å². The number of benzene rings is 10. The molecule has 13 rings (SSSR count). The number of aliphatic imine (C=N–C) groups is 1. The third kappa shape index (κ3) is 6.10. The summed E-state index contributed by atoms with van der Waals surface area (Å²) < 4.78 is 2.43. The second kappa shape index (κ2) is 15.1. The summed E-state index contributed by atoms with van der Waals surface area (Å²) in [6, 6.07) is 76.5. The fourth-order valence-electron chi connectivity index (χ4n) is 10.4. The highest BCUT2D eigenvalue weighted by Gasteiger charge is 2.23. The topological polar surface area (TPSA) is 43.1 Å². The summed E-state index contributed by atoms with van der Waals surface area (Å²) in [6.07, 6.45) is 3.00. The summed E-state index contributed by atoms with van der Waals surface area (Å²) in [5.41, 5.74) is 14.5. The van der Waals surface area contributed by atoms with Crippen molar-refractivity contribution in [2.45, 2.75) is 6.42 Å². The molecule has 0 saturated heterocycles. The number of hydrogen-bond acceptors (Lipinski definition) is 3. The standard InChI is InChI=1S/C61H40N4/c1-3-16-39(17-4-1)55-37-56(52-35-40-18-7-8-23-45(40)46-24-9-10-25-47(46)52)64-61(63-55)43-20-15-19-41(34-43)59-48-26-11-13-28-50(48)60(51-29-14-12-27-49(51)59)42-30-31-57-53(36-42)54-38-62-33-32-58(54)65(57)44-21-5-2-6-22-44/h1-31,34-38H,32-33H2.